The number of fused-ring (bicyclic) bond motifs is 1. The molecule has 1 aliphatic heterocycles. The Bertz CT molecular complexity index is 912. The molecular formula is C24H30N4. The van der Waals surface area contributed by atoms with Gasteiger partial charge in [0, 0.05) is 48.5 Å². The first-order valence-corrected chi connectivity index (χ1v) is 10.3. The highest BCUT2D eigenvalue weighted by Gasteiger charge is 2.12. The number of anilines is 2. The van der Waals surface area contributed by atoms with Crippen LogP contribution in [-0.2, 0) is 0 Å². The Balaban J connectivity index is 1.62. The fraction of sp³-hybridized carbons (Fsp3) is 0.375. The number of nitrogens with zero attached hydrogens (tertiary/aromatic N) is 3. The molecule has 0 bridgehead atoms. The van der Waals surface area contributed by atoms with E-state index in [1.807, 2.05) is 0 Å². The first kappa shape index (κ1) is 18.8. The fourth-order valence-corrected chi connectivity index (χ4v) is 3.88. The second-order valence-electron chi connectivity index (χ2n) is 7.90. The summed E-state index contributed by atoms with van der Waals surface area (Å²) in [6, 6.07) is 19.5. The smallest absolute Gasteiger partial charge is 0.0730 e. The molecule has 0 saturated carbocycles. The highest BCUT2D eigenvalue weighted by Crippen LogP contribution is 2.30. The minimum Gasteiger partial charge on any atom is -0.383 e. The van der Waals surface area contributed by atoms with Crippen LogP contribution in [0.4, 0.5) is 11.4 Å². The summed E-state index contributed by atoms with van der Waals surface area (Å²) in [6.07, 6.45) is 3.96. The Kier molecular flexibility index (Phi) is 5.77. The summed E-state index contributed by atoms with van der Waals surface area (Å²) in [5, 5.41) is 4.78. The topological polar surface area (TPSA) is 31.4 Å². The molecule has 1 aromatic heterocycles. The van der Waals surface area contributed by atoms with Crippen molar-refractivity contribution in [3.05, 3.63) is 54.6 Å². The van der Waals surface area contributed by atoms with Crippen LogP contribution in [0.2, 0.25) is 0 Å². The summed E-state index contributed by atoms with van der Waals surface area (Å²) < 4.78 is 0. The molecule has 4 rings (SSSR count). The molecule has 4 nitrogen and oxygen atoms in total. The van der Waals surface area contributed by atoms with Crippen molar-refractivity contribution < 1.29 is 0 Å². The Morgan fingerprint density at radius 3 is 2.46 bits per heavy atom. The van der Waals surface area contributed by atoms with Gasteiger partial charge in [0.15, 0.2) is 0 Å². The van der Waals surface area contributed by atoms with Crippen molar-refractivity contribution in [2.24, 2.45) is 0 Å². The van der Waals surface area contributed by atoms with Crippen LogP contribution in [0.5, 0.6) is 0 Å². The maximum atomic E-state index is 4.93. The molecule has 0 aliphatic carbocycles. The molecule has 0 atom stereocenters. The molecule has 0 radical (unpaired) electrons. The molecule has 1 fully saturated rings. The number of piperidine rings is 1. The molecule has 2 aromatic carbocycles. The fourth-order valence-electron chi connectivity index (χ4n) is 3.88. The van der Waals surface area contributed by atoms with Gasteiger partial charge in [-0.25, -0.2) is 4.98 Å². The zero-order valence-electron chi connectivity index (χ0n) is 17.0. The van der Waals surface area contributed by atoms with Crippen LogP contribution >= 0.6 is 0 Å². The molecular weight excluding hydrogens is 344 g/mol. The SMILES string of the molecule is CN(C)CCNc1cc(-c2ccc(N3CCCCC3)cc2)nc2ccccc12. The van der Waals surface area contributed by atoms with Gasteiger partial charge in [-0.15, -0.1) is 0 Å². The van der Waals surface area contributed by atoms with Crippen molar-refractivity contribution in [3.63, 3.8) is 0 Å². The molecule has 1 aliphatic rings. The number of likely N-dealkylation sites (N-methyl/N-ethyl adjacent to an activating group) is 1. The van der Waals surface area contributed by atoms with Crippen molar-refractivity contribution in [1.82, 2.24) is 9.88 Å². The Hall–Kier alpha value is -2.59. The third-order valence-corrected chi connectivity index (χ3v) is 5.47. The van der Waals surface area contributed by atoms with Crippen LogP contribution in [0.15, 0.2) is 54.6 Å². The van der Waals surface area contributed by atoms with Crippen LogP contribution in [-0.4, -0.2) is 50.2 Å². The second kappa shape index (κ2) is 8.61. The standard InChI is InChI=1S/C24H30N4/c1-27(2)17-14-25-24-18-23(26-22-9-5-4-8-21(22)24)19-10-12-20(13-11-19)28-15-6-3-7-16-28/h4-5,8-13,18H,3,6-7,14-17H2,1-2H3,(H,25,26). The van der Waals surface area contributed by atoms with E-state index in [4.69, 9.17) is 4.98 Å². The largest absolute Gasteiger partial charge is 0.383 e. The molecule has 4 heteroatoms. The zero-order chi connectivity index (χ0) is 19.3. The van der Waals surface area contributed by atoms with Gasteiger partial charge in [0.05, 0.1) is 11.2 Å². The lowest BCUT2D eigenvalue weighted by Gasteiger charge is -2.28. The van der Waals surface area contributed by atoms with Gasteiger partial charge in [-0.3, -0.25) is 0 Å². The summed E-state index contributed by atoms with van der Waals surface area (Å²) in [4.78, 5) is 9.61. The summed E-state index contributed by atoms with van der Waals surface area (Å²) in [5.74, 6) is 0. The molecule has 28 heavy (non-hydrogen) atoms. The lowest BCUT2D eigenvalue weighted by atomic mass is 10.1. The van der Waals surface area contributed by atoms with Crippen molar-refractivity contribution >= 4 is 22.3 Å². The summed E-state index contributed by atoms with van der Waals surface area (Å²) in [5.41, 5.74) is 5.71. The Morgan fingerprint density at radius 2 is 1.71 bits per heavy atom. The van der Waals surface area contributed by atoms with E-state index in [-0.39, 0.29) is 0 Å². The van der Waals surface area contributed by atoms with E-state index in [1.54, 1.807) is 0 Å². The van der Waals surface area contributed by atoms with E-state index in [2.05, 4.69) is 83.8 Å². The van der Waals surface area contributed by atoms with Gasteiger partial charge in [-0.05, 0) is 57.6 Å². The number of aromatic nitrogens is 1. The van der Waals surface area contributed by atoms with Crippen molar-refractivity contribution in [1.29, 1.82) is 0 Å². The number of nitrogens with one attached hydrogen (secondary N) is 1. The van der Waals surface area contributed by atoms with Gasteiger partial charge in [-0.2, -0.15) is 0 Å². The molecule has 1 saturated heterocycles. The molecule has 3 aromatic rings. The Labute approximate surface area is 168 Å². The number of benzene rings is 2. The maximum Gasteiger partial charge on any atom is 0.0730 e. The average Bonchev–Trinajstić information content (AvgIpc) is 2.74. The predicted molar refractivity (Wildman–Crippen MR) is 120 cm³/mol. The highest BCUT2D eigenvalue weighted by atomic mass is 15.1. The van der Waals surface area contributed by atoms with Crippen LogP contribution in [0.3, 0.4) is 0 Å². The second-order valence-corrected chi connectivity index (χ2v) is 7.90. The quantitative estimate of drug-likeness (QED) is 0.667. The van der Waals surface area contributed by atoms with E-state index < -0.39 is 0 Å². The van der Waals surface area contributed by atoms with Crippen LogP contribution in [0.1, 0.15) is 19.3 Å². The van der Waals surface area contributed by atoms with Crippen LogP contribution < -0.4 is 10.2 Å². The summed E-state index contributed by atoms with van der Waals surface area (Å²) in [6.45, 7) is 4.26. The molecule has 0 spiro atoms. The number of para-hydroxylation sites is 1. The number of hydrogen-bond donors (Lipinski definition) is 1. The number of hydrogen-bond acceptors (Lipinski definition) is 4. The van der Waals surface area contributed by atoms with E-state index in [1.165, 1.54) is 49.0 Å². The molecule has 2 heterocycles. The third kappa shape index (κ3) is 4.28. The highest BCUT2D eigenvalue weighted by molar-refractivity contribution is 5.93. The summed E-state index contributed by atoms with van der Waals surface area (Å²) in [7, 11) is 4.20. The number of pyridine rings is 1. The van der Waals surface area contributed by atoms with E-state index in [9.17, 15) is 0 Å². The average molecular weight is 375 g/mol. The predicted octanol–water partition coefficient (Wildman–Crippen LogP) is 4.87. The first-order valence-electron chi connectivity index (χ1n) is 10.3. The van der Waals surface area contributed by atoms with Gasteiger partial charge in [0.25, 0.3) is 0 Å². The van der Waals surface area contributed by atoms with Gasteiger partial charge >= 0.3 is 0 Å². The molecule has 1 N–H and O–H groups in total. The lowest BCUT2D eigenvalue weighted by Crippen LogP contribution is -2.29. The normalized spacial score (nSPS) is 14.6. The minimum atomic E-state index is 0.911. The van der Waals surface area contributed by atoms with Crippen molar-refractivity contribution in [2.45, 2.75) is 19.3 Å². The summed E-state index contributed by atoms with van der Waals surface area (Å²) >= 11 is 0. The molecule has 0 amide bonds. The third-order valence-electron chi connectivity index (χ3n) is 5.47. The van der Waals surface area contributed by atoms with Gasteiger partial charge < -0.3 is 15.1 Å². The number of rotatable bonds is 6. The minimum absolute atomic E-state index is 0.911. The van der Waals surface area contributed by atoms with Crippen LogP contribution in [0, 0.1) is 0 Å². The van der Waals surface area contributed by atoms with Crippen molar-refractivity contribution in [3.8, 4) is 11.3 Å². The molecule has 0 unspecified atom stereocenters. The zero-order valence-corrected chi connectivity index (χ0v) is 17.0. The van der Waals surface area contributed by atoms with Gasteiger partial charge in [0.2, 0.25) is 0 Å². The van der Waals surface area contributed by atoms with Gasteiger partial charge in [0.1, 0.15) is 0 Å². The monoisotopic (exact) mass is 374 g/mol. The van der Waals surface area contributed by atoms with Gasteiger partial charge in [-0.1, -0.05) is 30.3 Å². The first-order chi connectivity index (χ1) is 13.7. The Morgan fingerprint density at radius 1 is 0.964 bits per heavy atom. The van der Waals surface area contributed by atoms with E-state index in [0.29, 0.717) is 0 Å². The van der Waals surface area contributed by atoms with Crippen molar-refractivity contribution in [2.75, 3.05) is 50.5 Å². The lowest BCUT2D eigenvalue weighted by molar-refractivity contribution is 0.425. The molecule has 146 valence electrons. The van der Waals surface area contributed by atoms with Crippen LogP contribution in [0.25, 0.3) is 22.2 Å². The maximum absolute atomic E-state index is 4.93. The van der Waals surface area contributed by atoms with E-state index >= 15 is 0 Å². The van der Waals surface area contributed by atoms with E-state index in [0.717, 1.165) is 30.0 Å².